The Bertz CT molecular complexity index is 742. The van der Waals surface area contributed by atoms with Crippen molar-refractivity contribution >= 4 is 5.91 Å². The minimum atomic E-state index is -0.345. The first-order valence-corrected chi connectivity index (χ1v) is 8.68. The van der Waals surface area contributed by atoms with Crippen LogP contribution in [0, 0.1) is 19.7 Å². The van der Waals surface area contributed by atoms with Crippen molar-refractivity contribution in [3.63, 3.8) is 0 Å². The third-order valence-corrected chi connectivity index (χ3v) is 4.53. The summed E-state index contributed by atoms with van der Waals surface area (Å²) >= 11 is 0. The van der Waals surface area contributed by atoms with Gasteiger partial charge >= 0.3 is 0 Å². The third-order valence-electron chi connectivity index (χ3n) is 4.53. The van der Waals surface area contributed by atoms with E-state index in [2.05, 4.69) is 10.5 Å². The van der Waals surface area contributed by atoms with E-state index in [1.165, 1.54) is 12.1 Å². The first-order chi connectivity index (χ1) is 12.5. The van der Waals surface area contributed by atoms with Crippen molar-refractivity contribution in [3.8, 4) is 0 Å². The predicted octanol–water partition coefficient (Wildman–Crippen LogP) is 2.46. The molecule has 26 heavy (non-hydrogen) atoms. The minimum Gasteiger partial charge on any atom is -0.379 e. The van der Waals surface area contributed by atoms with Crippen LogP contribution in [0.4, 0.5) is 4.39 Å². The molecule has 0 unspecified atom stereocenters. The summed E-state index contributed by atoms with van der Waals surface area (Å²) in [6.07, 6.45) is 0.543. The molecule has 2 heterocycles. The number of amides is 1. The summed E-state index contributed by atoms with van der Waals surface area (Å²) in [6.45, 7) is 5.04. The molecule has 0 radical (unpaired) electrons. The minimum absolute atomic E-state index is 0.131. The highest BCUT2D eigenvalue weighted by Crippen LogP contribution is 2.18. The number of hydrogen-bond donors (Lipinski definition) is 1. The Hall–Kier alpha value is -2.25. The number of hydrogen-bond acceptors (Lipinski definition) is 5. The van der Waals surface area contributed by atoms with Crippen molar-refractivity contribution in [2.45, 2.75) is 45.4 Å². The highest BCUT2D eigenvalue weighted by molar-refractivity contribution is 5.78. The van der Waals surface area contributed by atoms with Gasteiger partial charge in [-0.15, -0.1) is 0 Å². The topological polar surface area (TPSA) is 73.6 Å². The van der Waals surface area contributed by atoms with Crippen molar-refractivity contribution in [1.29, 1.82) is 0 Å². The van der Waals surface area contributed by atoms with Gasteiger partial charge in [-0.25, -0.2) is 4.39 Å². The molecule has 1 aliphatic heterocycles. The van der Waals surface area contributed by atoms with Crippen molar-refractivity contribution in [3.05, 3.63) is 52.7 Å². The molecule has 1 saturated heterocycles. The molecule has 1 amide bonds. The fraction of sp³-hybridized carbons (Fsp3) is 0.474. The third kappa shape index (κ3) is 4.68. The number of aromatic nitrogens is 1. The Morgan fingerprint density at radius 3 is 3.00 bits per heavy atom. The number of nitrogens with one attached hydrogen (secondary N) is 1. The van der Waals surface area contributed by atoms with E-state index >= 15 is 0 Å². The van der Waals surface area contributed by atoms with E-state index in [-0.39, 0.29) is 30.3 Å². The number of carbonyl (C=O) groups is 1. The van der Waals surface area contributed by atoms with E-state index in [4.69, 9.17) is 14.0 Å². The second kappa shape index (κ2) is 8.42. The van der Waals surface area contributed by atoms with Crippen LogP contribution in [0.5, 0.6) is 0 Å². The predicted molar refractivity (Wildman–Crippen MR) is 92.0 cm³/mol. The molecule has 140 valence electrons. The highest BCUT2D eigenvalue weighted by Gasteiger charge is 2.28. The van der Waals surface area contributed by atoms with Crippen LogP contribution in [0.15, 0.2) is 28.8 Å². The summed E-state index contributed by atoms with van der Waals surface area (Å²) in [4.78, 5) is 12.3. The van der Waals surface area contributed by atoms with E-state index in [1.54, 1.807) is 12.1 Å². The first-order valence-electron chi connectivity index (χ1n) is 8.68. The quantitative estimate of drug-likeness (QED) is 0.855. The van der Waals surface area contributed by atoms with Gasteiger partial charge in [0.2, 0.25) is 5.91 Å². The molecular weight excluding hydrogens is 339 g/mol. The molecular formula is C19H23FN2O4. The molecule has 0 bridgehead atoms. The molecule has 1 aromatic carbocycles. The largest absolute Gasteiger partial charge is 0.379 e. The van der Waals surface area contributed by atoms with Gasteiger partial charge in [-0.05, 0) is 38.0 Å². The van der Waals surface area contributed by atoms with Crippen LogP contribution in [-0.4, -0.2) is 36.4 Å². The van der Waals surface area contributed by atoms with E-state index < -0.39 is 0 Å². The second-order valence-corrected chi connectivity index (χ2v) is 6.50. The average Bonchev–Trinajstić information content (AvgIpc) is 2.92. The molecule has 0 saturated carbocycles. The van der Waals surface area contributed by atoms with Gasteiger partial charge < -0.3 is 19.3 Å². The summed E-state index contributed by atoms with van der Waals surface area (Å²) < 4.78 is 29.9. The van der Waals surface area contributed by atoms with Crippen molar-refractivity contribution in [2.24, 2.45) is 0 Å². The zero-order chi connectivity index (χ0) is 18.5. The lowest BCUT2D eigenvalue weighted by molar-refractivity contribution is -0.126. The summed E-state index contributed by atoms with van der Waals surface area (Å²) in [7, 11) is 0. The Morgan fingerprint density at radius 1 is 1.42 bits per heavy atom. The molecule has 1 aliphatic rings. The number of aryl methyl sites for hydroxylation is 2. The van der Waals surface area contributed by atoms with Crippen LogP contribution < -0.4 is 5.32 Å². The Morgan fingerprint density at radius 2 is 2.27 bits per heavy atom. The second-order valence-electron chi connectivity index (χ2n) is 6.50. The lowest BCUT2D eigenvalue weighted by Crippen LogP contribution is -2.50. The molecule has 3 rings (SSSR count). The Labute approximate surface area is 151 Å². The van der Waals surface area contributed by atoms with E-state index in [1.807, 2.05) is 13.8 Å². The SMILES string of the molecule is Cc1noc(C)c1CO[C@@H]1COCC[C@H]1NC(=O)Cc1cccc(F)c1. The molecule has 7 heteroatoms. The Kier molecular flexibility index (Phi) is 6.00. The molecule has 1 aromatic heterocycles. The lowest BCUT2D eigenvalue weighted by Gasteiger charge is -2.32. The highest BCUT2D eigenvalue weighted by atomic mass is 19.1. The van der Waals surface area contributed by atoms with E-state index in [9.17, 15) is 9.18 Å². The standard InChI is InChI=1S/C19H23FN2O4/c1-12-16(13(2)26-22-12)10-25-18-11-24-7-6-17(18)21-19(23)9-14-4-3-5-15(20)8-14/h3-5,8,17-18H,6-7,9-11H2,1-2H3,(H,21,23)/t17-,18-/m1/s1. The fourth-order valence-corrected chi connectivity index (χ4v) is 3.03. The zero-order valence-electron chi connectivity index (χ0n) is 15.0. The van der Waals surface area contributed by atoms with Gasteiger partial charge in [0, 0.05) is 12.2 Å². The smallest absolute Gasteiger partial charge is 0.224 e. The van der Waals surface area contributed by atoms with Crippen LogP contribution in [0.25, 0.3) is 0 Å². The molecule has 2 atom stereocenters. The van der Waals surface area contributed by atoms with Gasteiger partial charge in [-0.3, -0.25) is 4.79 Å². The summed E-state index contributed by atoms with van der Waals surface area (Å²) in [5, 5.41) is 6.91. The molecule has 1 N–H and O–H groups in total. The maximum absolute atomic E-state index is 13.3. The average molecular weight is 362 g/mol. The monoisotopic (exact) mass is 362 g/mol. The van der Waals surface area contributed by atoms with Gasteiger partial charge in [0.15, 0.2) is 0 Å². The maximum atomic E-state index is 13.3. The van der Waals surface area contributed by atoms with Crippen LogP contribution >= 0.6 is 0 Å². The first kappa shape index (κ1) is 18.5. The number of ether oxygens (including phenoxy) is 2. The maximum Gasteiger partial charge on any atom is 0.224 e. The van der Waals surface area contributed by atoms with E-state index in [0.29, 0.717) is 31.8 Å². The van der Waals surface area contributed by atoms with Gasteiger partial charge in [0.1, 0.15) is 17.7 Å². The van der Waals surface area contributed by atoms with Gasteiger partial charge in [0.05, 0.1) is 31.4 Å². The summed E-state index contributed by atoms with van der Waals surface area (Å²) in [5.74, 6) is 0.224. The van der Waals surface area contributed by atoms with Crippen molar-refractivity contribution in [1.82, 2.24) is 10.5 Å². The number of halogens is 1. The molecule has 6 nitrogen and oxygen atoms in total. The van der Waals surface area contributed by atoms with Gasteiger partial charge in [0.25, 0.3) is 0 Å². The zero-order valence-corrected chi connectivity index (χ0v) is 15.0. The number of rotatable bonds is 6. The molecule has 1 fully saturated rings. The van der Waals surface area contributed by atoms with Crippen LogP contribution in [0.1, 0.15) is 29.0 Å². The van der Waals surface area contributed by atoms with Crippen molar-refractivity contribution < 1.29 is 23.2 Å². The van der Waals surface area contributed by atoms with Gasteiger partial charge in [-0.1, -0.05) is 17.3 Å². The van der Waals surface area contributed by atoms with Gasteiger partial charge in [-0.2, -0.15) is 0 Å². The summed E-state index contributed by atoms with van der Waals surface area (Å²) in [6, 6.07) is 5.92. The van der Waals surface area contributed by atoms with Crippen LogP contribution in [0.2, 0.25) is 0 Å². The number of carbonyl (C=O) groups excluding carboxylic acids is 1. The van der Waals surface area contributed by atoms with Crippen LogP contribution in [-0.2, 0) is 27.3 Å². The molecule has 0 aliphatic carbocycles. The summed E-state index contributed by atoms with van der Waals surface area (Å²) in [5.41, 5.74) is 2.36. The fourth-order valence-electron chi connectivity index (χ4n) is 3.03. The van der Waals surface area contributed by atoms with Crippen molar-refractivity contribution in [2.75, 3.05) is 13.2 Å². The normalized spacial score (nSPS) is 20.1. The van der Waals surface area contributed by atoms with E-state index in [0.717, 1.165) is 17.0 Å². The molecule has 2 aromatic rings. The lowest BCUT2D eigenvalue weighted by atomic mass is 10.0. The Balaban J connectivity index is 1.57. The van der Waals surface area contributed by atoms with Crippen LogP contribution in [0.3, 0.4) is 0 Å². The number of nitrogens with zero attached hydrogens (tertiary/aromatic N) is 1. The number of benzene rings is 1. The molecule has 0 spiro atoms.